The molecule has 11 nitrogen and oxygen atoms in total. The molecule has 0 unspecified atom stereocenters. The number of fused-ring (bicyclic) bond motifs is 1. The van der Waals surface area contributed by atoms with Gasteiger partial charge in [-0.15, -0.1) is 0 Å². The minimum atomic E-state index is -0.220. The van der Waals surface area contributed by atoms with Gasteiger partial charge in [-0.1, -0.05) is 17.7 Å². The number of halogens is 1. The van der Waals surface area contributed by atoms with E-state index in [0.717, 1.165) is 24.6 Å². The molecule has 5 heterocycles. The highest BCUT2D eigenvalue weighted by Crippen LogP contribution is 2.41. The largest absolute Gasteiger partial charge is 0.450 e. The van der Waals surface area contributed by atoms with Crippen LogP contribution < -0.4 is 20.9 Å². The first kappa shape index (κ1) is 23.7. The lowest BCUT2D eigenvalue weighted by Gasteiger charge is -2.13. The van der Waals surface area contributed by atoms with Crippen molar-refractivity contribution in [2.24, 2.45) is 14.1 Å². The van der Waals surface area contributed by atoms with Crippen LogP contribution in [-0.2, 0) is 14.1 Å². The average molecular weight is 530 g/mol. The summed E-state index contributed by atoms with van der Waals surface area (Å²) in [5, 5.41) is 18.5. The van der Waals surface area contributed by atoms with Gasteiger partial charge in [-0.05, 0) is 42.5 Å². The summed E-state index contributed by atoms with van der Waals surface area (Å²) in [4.78, 5) is 22.5. The summed E-state index contributed by atoms with van der Waals surface area (Å²) in [6, 6.07) is 1.89. The molecule has 0 atom stereocenters. The molecule has 1 aliphatic carbocycles. The molecule has 4 aromatic rings. The van der Waals surface area contributed by atoms with Crippen LogP contribution in [0.2, 0.25) is 5.02 Å². The maximum absolute atomic E-state index is 13.5. The van der Waals surface area contributed by atoms with E-state index in [9.17, 15) is 4.79 Å². The molecule has 38 heavy (non-hydrogen) atoms. The number of pyridine rings is 2. The summed E-state index contributed by atoms with van der Waals surface area (Å²) in [7, 11) is 3.60. The lowest BCUT2D eigenvalue weighted by atomic mass is 10.1. The highest BCUT2D eigenvalue weighted by Gasteiger charge is 2.26. The van der Waals surface area contributed by atoms with Gasteiger partial charge >= 0.3 is 0 Å². The van der Waals surface area contributed by atoms with Crippen LogP contribution in [0.5, 0.6) is 5.75 Å². The Hall–Kier alpha value is -4.64. The minimum Gasteiger partial charge on any atom is -0.450 e. The molecule has 0 radical (unpaired) electrons. The Labute approximate surface area is 222 Å². The second kappa shape index (κ2) is 9.34. The molecule has 192 valence electrons. The number of dihydropyridines is 1. The lowest BCUT2D eigenvalue weighted by molar-refractivity contribution is 0.448. The molecule has 1 aliphatic heterocycles. The van der Waals surface area contributed by atoms with Gasteiger partial charge in [0, 0.05) is 32.7 Å². The Kier molecular flexibility index (Phi) is 5.84. The van der Waals surface area contributed by atoms with Crippen LogP contribution in [-0.4, -0.2) is 35.1 Å². The van der Waals surface area contributed by atoms with E-state index in [0.29, 0.717) is 40.1 Å². The van der Waals surface area contributed by atoms with Gasteiger partial charge in [0.1, 0.15) is 16.2 Å². The molecule has 0 saturated heterocycles. The number of imidazole rings is 1. The van der Waals surface area contributed by atoms with Gasteiger partial charge in [-0.25, -0.2) is 4.98 Å². The SMILES string of the molecule is Cn1cc(-n2cc(C3CC3)cc(Nc3nc4ncc(O/C(C=N)=C5\C=CC=CN5)c(Cl)c4n3C)c2=O)cn1. The maximum atomic E-state index is 13.5. The van der Waals surface area contributed by atoms with Gasteiger partial charge in [0.05, 0.1) is 30.0 Å². The maximum Gasteiger partial charge on any atom is 0.278 e. The average Bonchev–Trinajstić information content (AvgIpc) is 3.61. The number of aryl methyl sites for hydroxylation is 2. The number of nitrogens with one attached hydrogen (secondary N) is 3. The van der Waals surface area contributed by atoms with Gasteiger partial charge in [-0.3, -0.25) is 14.0 Å². The zero-order valence-electron chi connectivity index (χ0n) is 20.6. The van der Waals surface area contributed by atoms with Crippen LogP contribution in [0.3, 0.4) is 0 Å². The molecule has 6 rings (SSSR count). The first-order chi connectivity index (χ1) is 18.4. The molecular formula is C26H24ClN9O2. The van der Waals surface area contributed by atoms with Crippen molar-refractivity contribution in [3.05, 3.63) is 87.7 Å². The topological polar surface area (TPSA) is 128 Å². The predicted molar refractivity (Wildman–Crippen MR) is 145 cm³/mol. The monoisotopic (exact) mass is 529 g/mol. The van der Waals surface area contributed by atoms with Crippen molar-refractivity contribution in [2.75, 3.05) is 5.32 Å². The molecule has 1 fully saturated rings. The number of ether oxygens (including phenoxy) is 1. The van der Waals surface area contributed by atoms with Crippen LogP contribution in [0.4, 0.5) is 11.6 Å². The third-order valence-electron chi connectivity index (χ3n) is 6.43. The number of hydrogen-bond donors (Lipinski definition) is 3. The number of anilines is 2. The van der Waals surface area contributed by atoms with E-state index >= 15 is 0 Å². The third kappa shape index (κ3) is 4.26. The van der Waals surface area contributed by atoms with Crippen molar-refractivity contribution >= 4 is 40.6 Å². The number of hydrogen-bond acceptors (Lipinski definition) is 8. The van der Waals surface area contributed by atoms with Crippen LogP contribution >= 0.6 is 11.6 Å². The second-order valence-corrected chi connectivity index (χ2v) is 9.50. The number of aromatic nitrogens is 6. The van der Waals surface area contributed by atoms with Crippen molar-refractivity contribution < 1.29 is 4.74 Å². The molecule has 0 spiro atoms. The predicted octanol–water partition coefficient (Wildman–Crippen LogP) is 4.04. The highest BCUT2D eigenvalue weighted by atomic mass is 35.5. The normalized spacial score (nSPS) is 16.0. The van der Waals surface area contributed by atoms with Gasteiger partial charge in [0.2, 0.25) is 5.95 Å². The quantitative estimate of drug-likeness (QED) is 0.243. The number of nitrogens with zero attached hydrogens (tertiary/aromatic N) is 6. The van der Waals surface area contributed by atoms with Crippen LogP contribution in [0.1, 0.15) is 24.3 Å². The van der Waals surface area contributed by atoms with E-state index in [2.05, 4.69) is 25.7 Å². The standard InChI is InChI=1S/C26H24ClN9O2/c1-34-14-17(11-31-34)36-13-16(15-6-7-15)9-19(25(36)37)32-26-33-24-23(35(26)2)22(27)21(12-30-24)38-20(10-28)18-5-3-4-8-29-18/h3-5,8-15,28-29H,6-7H2,1-2H3,(H,30,32,33)/b20-18+,28-10?. The zero-order chi connectivity index (χ0) is 26.4. The lowest BCUT2D eigenvalue weighted by Crippen LogP contribution is -2.22. The first-order valence-electron chi connectivity index (χ1n) is 12.0. The Balaban J connectivity index is 1.38. The summed E-state index contributed by atoms with van der Waals surface area (Å²) < 4.78 is 10.9. The van der Waals surface area contributed by atoms with Crippen LogP contribution in [0, 0.1) is 5.41 Å². The van der Waals surface area contributed by atoms with E-state index in [1.807, 2.05) is 31.5 Å². The molecule has 2 aliphatic rings. The summed E-state index contributed by atoms with van der Waals surface area (Å²) in [6.45, 7) is 0. The third-order valence-corrected chi connectivity index (χ3v) is 6.80. The fraction of sp³-hybridized carbons (Fsp3) is 0.192. The molecule has 0 bridgehead atoms. The molecule has 4 aromatic heterocycles. The van der Waals surface area contributed by atoms with Crippen molar-refractivity contribution in [1.82, 2.24) is 34.2 Å². The Morgan fingerprint density at radius 3 is 2.79 bits per heavy atom. The molecule has 0 aromatic carbocycles. The van der Waals surface area contributed by atoms with E-state index in [1.54, 1.807) is 45.5 Å². The summed E-state index contributed by atoms with van der Waals surface area (Å²) >= 11 is 6.74. The smallest absolute Gasteiger partial charge is 0.278 e. The van der Waals surface area contributed by atoms with Crippen molar-refractivity contribution in [3.8, 4) is 11.4 Å². The summed E-state index contributed by atoms with van der Waals surface area (Å²) in [5.41, 5.74) is 3.47. The Morgan fingerprint density at radius 2 is 2.11 bits per heavy atom. The van der Waals surface area contributed by atoms with E-state index < -0.39 is 0 Å². The second-order valence-electron chi connectivity index (χ2n) is 9.12. The minimum absolute atomic E-state index is 0.220. The van der Waals surface area contributed by atoms with E-state index in [4.69, 9.17) is 21.7 Å². The van der Waals surface area contributed by atoms with Gasteiger partial charge in [0.25, 0.3) is 5.56 Å². The Bertz CT molecular complexity index is 1740. The van der Waals surface area contributed by atoms with Crippen molar-refractivity contribution in [3.63, 3.8) is 0 Å². The summed E-state index contributed by atoms with van der Waals surface area (Å²) in [5.74, 6) is 1.39. The number of rotatable bonds is 7. The molecule has 3 N–H and O–H groups in total. The van der Waals surface area contributed by atoms with E-state index in [1.165, 1.54) is 6.20 Å². The summed E-state index contributed by atoms with van der Waals surface area (Å²) in [6.07, 6.45) is 17.3. The molecule has 0 amide bonds. The van der Waals surface area contributed by atoms with Gasteiger partial charge in [0.15, 0.2) is 17.2 Å². The van der Waals surface area contributed by atoms with Crippen LogP contribution in [0.15, 0.2) is 71.5 Å². The van der Waals surface area contributed by atoms with Crippen LogP contribution in [0.25, 0.3) is 16.9 Å². The molecule has 1 saturated carbocycles. The fourth-order valence-electron chi connectivity index (χ4n) is 4.30. The van der Waals surface area contributed by atoms with Gasteiger partial charge < -0.3 is 25.3 Å². The molecular weight excluding hydrogens is 506 g/mol. The van der Waals surface area contributed by atoms with E-state index in [-0.39, 0.29) is 22.1 Å². The fourth-order valence-corrected chi connectivity index (χ4v) is 4.60. The van der Waals surface area contributed by atoms with Crippen molar-refractivity contribution in [1.29, 1.82) is 5.41 Å². The zero-order valence-corrected chi connectivity index (χ0v) is 21.4. The Morgan fingerprint density at radius 1 is 1.26 bits per heavy atom. The molecule has 12 heteroatoms. The van der Waals surface area contributed by atoms with Crippen molar-refractivity contribution in [2.45, 2.75) is 18.8 Å². The van der Waals surface area contributed by atoms with Gasteiger partial charge in [-0.2, -0.15) is 10.1 Å². The first-order valence-corrected chi connectivity index (χ1v) is 12.4. The number of allylic oxidation sites excluding steroid dienone is 4. The highest BCUT2D eigenvalue weighted by molar-refractivity contribution is 6.36.